The molecule has 0 saturated heterocycles. The molecule has 339 valence electrons. The van der Waals surface area contributed by atoms with Gasteiger partial charge in [-0.2, -0.15) is 0 Å². The molecule has 0 unspecified atom stereocenters. The van der Waals surface area contributed by atoms with E-state index in [1.807, 2.05) is 18.2 Å². The number of pyridine rings is 1. The smallest absolute Gasteiger partial charge is 0.121 e. The van der Waals surface area contributed by atoms with Crippen LogP contribution >= 0.6 is 0 Å². The van der Waals surface area contributed by atoms with Gasteiger partial charge in [-0.1, -0.05) is 162 Å². The van der Waals surface area contributed by atoms with Crippen LogP contribution in [0.1, 0.15) is 81.9 Å². The number of rotatable bonds is 9. The average molecular weight is 1070 g/mol. The molecule has 1 aliphatic rings. The summed E-state index contributed by atoms with van der Waals surface area (Å²) >= 11 is 0. The molecule has 3 heterocycles. The molecule has 0 N–H and O–H groups in total. The monoisotopic (exact) mass is 1070 g/mol. The number of fused-ring (bicyclic) bond motifs is 5. The first-order chi connectivity index (χ1) is 32.0. The molecule has 1 fully saturated rings. The molecule has 4 nitrogen and oxygen atoms in total. The number of benzene rings is 7. The van der Waals surface area contributed by atoms with Crippen molar-refractivity contribution in [3.8, 4) is 39.5 Å². The summed E-state index contributed by atoms with van der Waals surface area (Å²) in [6, 6.07) is 58.2. The van der Waals surface area contributed by atoms with Crippen molar-refractivity contribution in [1.29, 1.82) is 0 Å². The quantitative estimate of drug-likeness (QED) is 0.107. The summed E-state index contributed by atoms with van der Waals surface area (Å²) in [7, 11) is -1.35. The molecule has 10 aromatic rings. The molecule has 0 bridgehead atoms. The largest absolute Gasteiger partial charge is 0.501 e. The van der Waals surface area contributed by atoms with Crippen molar-refractivity contribution in [2.75, 3.05) is 0 Å². The standard InChI is InChI=1S/C41H33N2O.C20H26NSi.Ir/c1-25(2)33-22-30(27-13-6-5-7-14-27)23-34(26(3)4)39(33)43-37-20-11-10-19-36(37)42-41(43)32-18-12-17-31-35-21-28-15-8-9-16-29(28)24-38(35)44-40(31)32;1-22(2,3)20-15-21-19(17-11-5-4-6-12-17)14-18(20)13-16-9-7-8-10-16;/h5-17,19-26H,1-4H3;4-6,11,14-16H,7-10,13H2,1-3H3;/q2*-1;. The maximum Gasteiger partial charge on any atom is 0.121 e. The van der Waals surface area contributed by atoms with Gasteiger partial charge in [0.05, 0.1) is 30.5 Å². The van der Waals surface area contributed by atoms with Crippen molar-refractivity contribution in [3.63, 3.8) is 0 Å². The van der Waals surface area contributed by atoms with Crippen LogP contribution in [0.5, 0.6) is 0 Å². The summed E-state index contributed by atoms with van der Waals surface area (Å²) in [6.07, 6.45) is 9.03. The van der Waals surface area contributed by atoms with Gasteiger partial charge in [-0.25, -0.2) is 0 Å². The summed E-state index contributed by atoms with van der Waals surface area (Å²) in [5.41, 5.74) is 14.6. The SMILES string of the molecule is CC(C)c1cc(-c2ccccc2)cc(C(C)C)c1-n1c(-c2[c-]ccc3c2oc2cc4ccccc4cc23)nc2ccccc21.C[Si](C)(C)c1cnc(-c2[c-]cccc2)cc1CC1CCCC1.[Ir]. The Bertz CT molecular complexity index is 3310. The van der Waals surface area contributed by atoms with Gasteiger partial charge in [0, 0.05) is 37.4 Å². The van der Waals surface area contributed by atoms with Crippen molar-refractivity contribution >= 4 is 57.0 Å². The van der Waals surface area contributed by atoms with E-state index in [0.29, 0.717) is 11.8 Å². The Hall–Kier alpha value is -5.91. The van der Waals surface area contributed by atoms with Gasteiger partial charge in [0.1, 0.15) is 5.58 Å². The second-order valence-electron chi connectivity index (χ2n) is 19.9. The van der Waals surface area contributed by atoms with Gasteiger partial charge >= 0.3 is 0 Å². The van der Waals surface area contributed by atoms with E-state index >= 15 is 0 Å². The van der Waals surface area contributed by atoms with Crippen LogP contribution in [0.2, 0.25) is 19.6 Å². The number of nitrogens with zero attached hydrogens (tertiary/aromatic N) is 3. The zero-order chi connectivity index (χ0) is 45.5. The predicted octanol–water partition coefficient (Wildman–Crippen LogP) is 16.3. The van der Waals surface area contributed by atoms with Crippen LogP contribution in [0.4, 0.5) is 0 Å². The third kappa shape index (κ3) is 9.24. The molecule has 0 aliphatic heterocycles. The summed E-state index contributed by atoms with van der Waals surface area (Å²) in [5.74, 6) is 2.30. The fraction of sp³-hybridized carbons (Fsp3) is 0.246. The molecule has 11 rings (SSSR count). The van der Waals surface area contributed by atoms with Gasteiger partial charge in [0.25, 0.3) is 0 Å². The first kappa shape index (κ1) is 46.2. The summed E-state index contributed by atoms with van der Waals surface area (Å²) in [6.45, 7) is 16.4. The Balaban J connectivity index is 0.000000206. The van der Waals surface area contributed by atoms with Crippen LogP contribution < -0.4 is 5.19 Å². The first-order valence-corrected chi connectivity index (χ1v) is 27.5. The van der Waals surface area contributed by atoms with E-state index in [4.69, 9.17) is 14.4 Å². The van der Waals surface area contributed by atoms with Gasteiger partial charge in [-0.15, -0.1) is 54.1 Å². The van der Waals surface area contributed by atoms with Gasteiger partial charge < -0.3 is 14.0 Å². The summed E-state index contributed by atoms with van der Waals surface area (Å²) in [4.78, 5) is 10.0. The van der Waals surface area contributed by atoms with E-state index in [9.17, 15) is 0 Å². The number of imidazole rings is 1. The van der Waals surface area contributed by atoms with Gasteiger partial charge in [0.15, 0.2) is 0 Å². The fourth-order valence-corrected chi connectivity index (χ4v) is 11.8. The maximum atomic E-state index is 6.68. The number of hydrogen-bond donors (Lipinski definition) is 0. The zero-order valence-corrected chi connectivity index (χ0v) is 43.2. The minimum absolute atomic E-state index is 0. The predicted molar refractivity (Wildman–Crippen MR) is 281 cm³/mol. The number of aromatic nitrogens is 3. The number of para-hydroxylation sites is 2. The molecular weight excluding hydrogens is 1010 g/mol. The van der Waals surface area contributed by atoms with E-state index < -0.39 is 8.07 Å². The fourth-order valence-electron chi connectivity index (χ4n) is 10.2. The van der Waals surface area contributed by atoms with Crippen LogP contribution in [0.25, 0.3) is 83.2 Å². The van der Waals surface area contributed by atoms with Gasteiger partial charge in [-0.05, 0) is 104 Å². The topological polar surface area (TPSA) is 43.9 Å². The molecule has 67 heavy (non-hydrogen) atoms. The molecule has 6 heteroatoms. The molecule has 1 radical (unpaired) electrons. The van der Waals surface area contributed by atoms with E-state index in [0.717, 1.165) is 61.5 Å². The van der Waals surface area contributed by atoms with Crippen LogP contribution in [0.3, 0.4) is 0 Å². The van der Waals surface area contributed by atoms with E-state index in [-0.39, 0.29) is 20.1 Å². The minimum Gasteiger partial charge on any atom is -0.501 e. The molecule has 0 spiro atoms. The molecule has 3 aromatic heterocycles. The van der Waals surface area contributed by atoms with Crippen LogP contribution in [-0.4, -0.2) is 22.6 Å². The summed E-state index contributed by atoms with van der Waals surface area (Å²) in [5, 5.41) is 6.09. The Morgan fingerprint density at radius 1 is 0.687 bits per heavy atom. The molecule has 1 aliphatic carbocycles. The van der Waals surface area contributed by atoms with Crippen molar-refractivity contribution in [1.82, 2.24) is 14.5 Å². The Morgan fingerprint density at radius 3 is 2.04 bits per heavy atom. The maximum absolute atomic E-state index is 6.68. The van der Waals surface area contributed by atoms with Crippen molar-refractivity contribution in [2.24, 2.45) is 5.92 Å². The average Bonchev–Trinajstić information content (AvgIpc) is 4.08. The molecule has 0 atom stereocenters. The molecule has 0 amide bonds. The van der Waals surface area contributed by atoms with E-state index in [1.165, 1.54) is 70.8 Å². The Labute approximate surface area is 410 Å². The summed E-state index contributed by atoms with van der Waals surface area (Å²) < 4.78 is 9.05. The first-order valence-electron chi connectivity index (χ1n) is 24.0. The van der Waals surface area contributed by atoms with Gasteiger partial charge in [0.2, 0.25) is 0 Å². The van der Waals surface area contributed by atoms with E-state index in [2.05, 4.69) is 198 Å². The second-order valence-corrected chi connectivity index (χ2v) is 25.0. The minimum atomic E-state index is -1.35. The third-order valence-electron chi connectivity index (χ3n) is 13.6. The van der Waals surface area contributed by atoms with Gasteiger partial charge in [-0.3, -0.25) is 4.98 Å². The molecular formula is C61H59IrN3OSi-2. The normalized spacial score (nSPS) is 13.2. The van der Waals surface area contributed by atoms with Crippen LogP contribution in [0, 0.1) is 18.1 Å². The van der Waals surface area contributed by atoms with Crippen LogP contribution in [0.15, 0.2) is 156 Å². The van der Waals surface area contributed by atoms with Crippen molar-refractivity contribution < 1.29 is 24.5 Å². The van der Waals surface area contributed by atoms with Crippen LogP contribution in [-0.2, 0) is 26.5 Å². The number of hydrogen-bond acceptors (Lipinski definition) is 3. The Morgan fingerprint density at radius 2 is 1.36 bits per heavy atom. The second kappa shape index (κ2) is 19.4. The molecule has 7 aromatic carbocycles. The molecule has 1 saturated carbocycles. The number of furan rings is 1. The van der Waals surface area contributed by atoms with Crippen molar-refractivity contribution in [2.45, 2.75) is 91.3 Å². The third-order valence-corrected chi connectivity index (χ3v) is 15.7. The van der Waals surface area contributed by atoms with Crippen molar-refractivity contribution in [3.05, 3.63) is 181 Å². The van der Waals surface area contributed by atoms with E-state index in [1.54, 1.807) is 10.8 Å². The Kier molecular flexibility index (Phi) is 13.4. The zero-order valence-electron chi connectivity index (χ0n) is 39.8.